The zero-order valence-electron chi connectivity index (χ0n) is 16.1. The van der Waals surface area contributed by atoms with Crippen LogP contribution in [0.3, 0.4) is 0 Å². The minimum absolute atomic E-state index is 1.09. The smallest absolute Gasteiger partial charge is 0.0654 e. The third-order valence-electron chi connectivity index (χ3n) is 8.40. The van der Waals surface area contributed by atoms with E-state index < -0.39 is 8.07 Å². The highest BCUT2D eigenvalue weighted by molar-refractivity contribution is 6.85. The minimum atomic E-state index is -1.20. The monoisotopic (exact) mass is 334 g/mol. The van der Waals surface area contributed by atoms with Gasteiger partial charge in [0.2, 0.25) is 0 Å². The first-order valence-corrected chi connectivity index (χ1v) is 13.6. The van der Waals surface area contributed by atoms with Crippen LogP contribution in [0.4, 0.5) is 0 Å². The first kappa shape index (κ1) is 18.0. The highest BCUT2D eigenvalue weighted by Gasteiger charge is 2.54. The summed E-state index contributed by atoms with van der Waals surface area (Å²) in [7, 11) is -1.20. The van der Waals surface area contributed by atoms with Crippen LogP contribution < -0.4 is 0 Å². The molecule has 0 aromatic carbocycles. The average Bonchev–Trinajstić information content (AvgIpc) is 2.65. The summed E-state index contributed by atoms with van der Waals surface area (Å²) in [5, 5.41) is 0. The fourth-order valence-corrected chi connectivity index (χ4v) is 16.7. The second-order valence-electron chi connectivity index (χ2n) is 9.31. The van der Waals surface area contributed by atoms with Gasteiger partial charge in [-0.3, -0.25) is 0 Å². The molecule has 0 aliphatic heterocycles. The molecule has 0 nitrogen and oxygen atoms in total. The summed E-state index contributed by atoms with van der Waals surface area (Å²) in [6.45, 7) is 5.25. The van der Waals surface area contributed by atoms with Crippen molar-refractivity contribution in [2.75, 3.05) is 0 Å². The molecule has 0 aromatic rings. The average molecular weight is 335 g/mol. The molecule has 1 unspecified atom stereocenters. The van der Waals surface area contributed by atoms with E-state index in [2.05, 4.69) is 13.8 Å². The van der Waals surface area contributed by atoms with Crippen molar-refractivity contribution >= 4 is 8.07 Å². The molecule has 0 amide bonds. The first-order chi connectivity index (χ1) is 11.3. The Labute approximate surface area is 147 Å². The van der Waals surface area contributed by atoms with E-state index >= 15 is 0 Å². The molecule has 0 saturated heterocycles. The molecule has 0 aromatic heterocycles. The maximum Gasteiger partial charge on any atom is 0.0657 e. The summed E-state index contributed by atoms with van der Waals surface area (Å²) in [5.74, 6) is 0. The Morgan fingerprint density at radius 3 is 1.17 bits per heavy atom. The Balaban J connectivity index is 1.95. The van der Waals surface area contributed by atoms with Crippen LogP contribution in [0.2, 0.25) is 22.2 Å². The third kappa shape index (κ3) is 3.60. The molecule has 3 rings (SSSR count). The van der Waals surface area contributed by atoms with Gasteiger partial charge in [-0.1, -0.05) is 117 Å². The van der Waals surface area contributed by atoms with E-state index in [1.165, 1.54) is 42.3 Å². The third-order valence-corrected chi connectivity index (χ3v) is 16.5. The standard InChI is InChI=1S/C22H42Si/c1-3-19(2)23(20-13-7-4-8-14-20,21-15-9-5-10-16-21)22-17-11-6-12-18-22/h19-22H,3-18H2,1-2H3. The normalized spacial score (nSPS) is 27.9. The topological polar surface area (TPSA) is 0 Å². The van der Waals surface area contributed by atoms with Crippen LogP contribution in [0.5, 0.6) is 0 Å². The second kappa shape index (κ2) is 8.54. The van der Waals surface area contributed by atoms with Crippen molar-refractivity contribution in [2.24, 2.45) is 0 Å². The van der Waals surface area contributed by atoms with Gasteiger partial charge in [-0.05, 0) is 22.2 Å². The van der Waals surface area contributed by atoms with E-state index in [0.717, 1.165) is 5.54 Å². The van der Waals surface area contributed by atoms with E-state index in [4.69, 9.17) is 0 Å². The van der Waals surface area contributed by atoms with E-state index in [1.54, 1.807) is 77.0 Å². The lowest BCUT2D eigenvalue weighted by atomic mass is 9.98. The molecule has 3 aliphatic carbocycles. The molecular weight excluding hydrogens is 292 g/mol. The fraction of sp³-hybridized carbons (Fsp3) is 1.00. The van der Waals surface area contributed by atoms with Crippen molar-refractivity contribution < 1.29 is 0 Å². The van der Waals surface area contributed by atoms with Crippen molar-refractivity contribution in [3.8, 4) is 0 Å². The maximum absolute atomic E-state index is 2.73. The van der Waals surface area contributed by atoms with Crippen molar-refractivity contribution in [3.05, 3.63) is 0 Å². The van der Waals surface area contributed by atoms with Crippen molar-refractivity contribution in [2.45, 2.75) is 139 Å². The van der Waals surface area contributed by atoms with Crippen molar-refractivity contribution in [3.63, 3.8) is 0 Å². The van der Waals surface area contributed by atoms with Gasteiger partial charge in [0, 0.05) is 0 Å². The summed E-state index contributed by atoms with van der Waals surface area (Å²) in [6, 6.07) is 0. The number of hydrogen-bond acceptors (Lipinski definition) is 0. The lowest BCUT2D eigenvalue weighted by molar-refractivity contribution is 0.404. The van der Waals surface area contributed by atoms with E-state index in [-0.39, 0.29) is 0 Å². The van der Waals surface area contributed by atoms with Crippen LogP contribution in [0, 0.1) is 0 Å². The molecule has 1 atom stereocenters. The summed E-state index contributed by atoms with van der Waals surface area (Å²) in [4.78, 5) is 0. The Hall–Kier alpha value is 0.217. The maximum atomic E-state index is 2.73. The Bertz CT molecular complexity index is 286. The molecule has 0 N–H and O–H groups in total. The fourth-order valence-electron chi connectivity index (χ4n) is 7.37. The van der Waals surface area contributed by atoms with E-state index in [9.17, 15) is 0 Å². The van der Waals surface area contributed by atoms with Crippen LogP contribution in [0.15, 0.2) is 0 Å². The summed E-state index contributed by atoms with van der Waals surface area (Å²) in [5.41, 5.74) is 4.71. The van der Waals surface area contributed by atoms with E-state index in [0.29, 0.717) is 0 Å². The van der Waals surface area contributed by atoms with Gasteiger partial charge in [0.05, 0.1) is 8.07 Å². The van der Waals surface area contributed by atoms with Gasteiger partial charge in [0.15, 0.2) is 0 Å². The summed E-state index contributed by atoms with van der Waals surface area (Å²) >= 11 is 0. The Morgan fingerprint density at radius 2 is 0.913 bits per heavy atom. The highest BCUT2D eigenvalue weighted by Crippen LogP contribution is 2.61. The number of rotatable bonds is 5. The van der Waals surface area contributed by atoms with Crippen LogP contribution >= 0.6 is 0 Å². The van der Waals surface area contributed by atoms with Crippen LogP contribution in [0.1, 0.15) is 117 Å². The molecule has 3 fully saturated rings. The lowest BCUT2D eigenvalue weighted by Crippen LogP contribution is -2.54. The van der Waals surface area contributed by atoms with Crippen molar-refractivity contribution in [1.29, 1.82) is 0 Å². The van der Waals surface area contributed by atoms with Gasteiger partial charge in [-0.2, -0.15) is 0 Å². The predicted molar refractivity (Wildman–Crippen MR) is 106 cm³/mol. The quantitative estimate of drug-likeness (QED) is 0.444. The highest BCUT2D eigenvalue weighted by atomic mass is 28.3. The molecule has 0 radical (unpaired) electrons. The summed E-state index contributed by atoms with van der Waals surface area (Å²) in [6.07, 6.45) is 25.3. The molecule has 1 heteroatoms. The van der Waals surface area contributed by atoms with Gasteiger partial charge in [0.1, 0.15) is 0 Å². The number of hydrogen-bond donors (Lipinski definition) is 0. The largest absolute Gasteiger partial charge is 0.0657 e. The van der Waals surface area contributed by atoms with Gasteiger partial charge < -0.3 is 0 Å². The SMILES string of the molecule is CCC(C)[Si](C1CCCCC1)(C1CCCCC1)C1CCCCC1. The molecule has 23 heavy (non-hydrogen) atoms. The van der Waals surface area contributed by atoms with E-state index in [1.807, 2.05) is 0 Å². The van der Waals surface area contributed by atoms with Crippen molar-refractivity contribution in [1.82, 2.24) is 0 Å². The zero-order chi connectivity index (χ0) is 16.1. The molecule has 0 spiro atoms. The molecular formula is C22H42Si. The van der Waals surface area contributed by atoms with Gasteiger partial charge >= 0.3 is 0 Å². The molecule has 3 aliphatic rings. The second-order valence-corrected chi connectivity index (χ2v) is 14.7. The Morgan fingerprint density at radius 1 is 0.609 bits per heavy atom. The summed E-state index contributed by atoms with van der Waals surface area (Å²) < 4.78 is 0. The van der Waals surface area contributed by atoms with Gasteiger partial charge in [-0.25, -0.2) is 0 Å². The Kier molecular flexibility index (Phi) is 6.69. The molecule has 0 heterocycles. The molecule has 3 saturated carbocycles. The van der Waals surface area contributed by atoms with Crippen LogP contribution in [0.25, 0.3) is 0 Å². The first-order valence-electron chi connectivity index (χ1n) is 11.3. The minimum Gasteiger partial charge on any atom is -0.0654 e. The molecule has 134 valence electrons. The van der Waals surface area contributed by atoms with Crippen LogP contribution in [-0.4, -0.2) is 8.07 Å². The van der Waals surface area contributed by atoms with Crippen LogP contribution in [-0.2, 0) is 0 Å². The van der Waals surface area contributed by atoms with Gasteiger partial charge in [-0.15, -0.1) is 0 Å². The van der Waals surface area contributed by atoms with Gasteiger partial charge in [0.25, 0.3) is 0 Å². The lowest BCUT2D eigenvalue weighted by Gasteiger charge is -2.56. The zero-order valence-corrected chi connectivity index (χ0v) is 17.1. The molecule has 0 bridgehead atoms. The predicted octanol–water partition coefficient (Wildman–Crippen LogP) is 8.24.